The Labute approximate surface area is 127 Å². The van der Waals surface area contributed by atoms with Gasteiger partial charge in [0.05, 0.1) is 24.6 Å². The van der Waals surface area contributed by atoms with Crippen molar-refractivity contribution in [3.63, 3.8) is 0 Å². The van der Waals surface area contributed by atoms with Gasteiger partial charge >= 0.3 is 0 Å². The summed E-state index contributed by atoms with van der Waals surface area (Å²) in [5.74, 6) is 0. The lowest BCUT2D eigenvalue weighted by atomic mass is 10.4. The Morgan fingerprint density at radius 1 is 0.600 bits per heavy atom. The van der Waals surface area contributed by atoms with Crippen LogP contribution in [0.5, 0.6) is 0 Å². The molecule has 0 heterocycles. The van der Waals surface area contributed by atoms with Crippen molar-refractivity contribution in [3.8, 4) is 0 Å². The molecule has 0 amide bonds. The quantitative estimate of drug-likeness (QED) is 0.160. The van der Waals surface area contributed by atoms with Crippen LogP contribution in [0.2, 0.25) is 0 Å². The summed E-state index contributed by atoms with van der Waals surface area (Å²) in [6.07, 6.45) is 17.9. The Bertz CT molecular complexity index is 188. The van der Waals surface area contributed by atoms with Crippen molar-refractivity contribution in [1.82, 2.24) is 0 Å². The van der Waals surface area contributed by atoms with Crippen molar-refractivity contribution in [1.29, 1.82) is 0 Å². The van der Waals surface area contributed by atoms with Gasteiger partial charge in [0.1, 0.15) is 0 Å². The molecule has 20 heavy (non-hydrogen) atoms. The van der Waals surface area contributed by atoms with E-state index < -0.39 is 7.26 Å². The lowest BCUT2D eigenvalue weighted by Crippen LogP contribution is -2.12. The number of rotatable bonds is 12. The van der Waals surface area contributed by atoms with E-state index in [0.29, 0.717) is 0 Å². The molecule has 0 aromatic rings. The highest BCUT2D eigenvalue weighted by atomic mass is 31.2. The zero-order chi connectivity index (χ0) is 15.7. The van der Waals surface area contributed by atoms with Gasteiger partial charge in [-0.1, -0.05) is 53.4 Å². The molecule has 3 nitrogen and oxygen atoms in total. The highest BCUT2D eigenvalue weighted by Gasteiger charge is 2.34. The van der Waals surface area contributed by atoms with Crippen LogP contribution in [0.1, 0.15) is 79.1 Å². The predicted octanol–water partition coefficient (Wildman–Crippen LogP) is 7.07. The van der Waals surface area contributed by atoms with Gasteiger partial charge in [-0.25, -0.2) is 0 Å². The van der Waals surface area contributed by atoms with Crippen molar-refractivity contribution in [2.45, 2.75) is 79.1 Å². The Morgan fingerprint density at radius 3 is 0.950 bits per heavy atom. The van der Waals surface area contributed by atoms with E-state index >= 15 is 0 Å². The highest BCUT2D eigenvalue weighted by Crippen LogP contribution is 2.61. The molecule has 0 aliphatic heterocycles. The molecule has 0 aromatic heterocycles. The first-order valence-electron chi connectivity index (χ1n) is 8.49. The third-order valence-electron chi connectivity index (χ3n) is 3.94. The van der Waals surface area contributed by atoms with Crippen LogP contribution in [-0.4, -0.2) is 24.6 Å². The lowest BCUT2D eigenvalue weighted by molar-refractivity contribution is 0.814. The lowest BCUT2D eigenvalue weighted by Gasteiger charge is -2.28. The molecule has 0 aliphatic carbocycles. The van der Waals surface area contributed by atoms with E-state index in [1.165, 1.54) is 56.3 Å². The Balaban J connectivity index is 0. The fourth-order valence-corrected chi connectivity index (χ4v) is 7.93. The molecule has 0 rings (SSSR count). The van der Waals surface area contributed by atoms with Gasteiger partial charge in [-0.15, -0.1) is 0 Å². The predicted molar refractivity (Wildman–Crippen MR) is 96.1 cm³/mol. The van der Waals surface area contributed by atoms with Crippen LogP contribution < -0.4 is 0 Å². The average Bonchev–Trinajstić information content (AvgIpc) is 2.46. The normalized spacial score (nSPS) is 10.6. The van der Waals surface area contributed by atoms with Gasteiger partial charge in [0.25, 0.3) is 0 Å². The topological polar surface area (TPSA) is 58.7 Å². The van der Waals surface area contributed by atoms with Crippen LogP contribution in [0.3, 0.4) is 0 Å². The largest absolute Gasteiger partial charge is 0.373 e. The fourth-order valence-electron chi connectivity index (χ4n) is 2.64. The van der Waals surface area contributed by atoms with E-state index in [1.54, 1.807) is 24.6 Å². The van der Waals surface area contributed by atoms with Crippen LogP contribution in [0.4, 0.5) is 0 Å². The molecule has 0 fully saturated rings. The minimum Gasteiger partial charge on any atom is -0.373 e. The zero-order valence-electron chi connectivity index (χ0n) is 14.3. The van der Waals surface area contributed by atoms with Gasteiger partial charge in [-0.05, 0) is 25.7 Å². The fraction of sp³-hybridized carbons (Fsp3) is 1.00. The molecule has 0 spiro atoms. The molecule has 4 heteroatoms. The van der Waals surface area contributed by atoms with Crippen molar-refractivity contribution in [2.24, 2.45) is 0 Å². The maximum absolute atomic E-state index is 6.75. The first-order valence-corrected chi connectivity index (χ1v) is 11.0. The molecule has 0 radical (unpaired) electrons. The monoisotopic (exact) mass is 301 g/mol. The second kappa shape index (κ2) is 16.8. The van der Waals surface area contributed by atoms with Gasteiger partial charge in [0, 0.05) is 7.26 Å². The maximum Gasteiger partial charge on any atom is 0.0594 e. The standard InChI is InChI=1S/C16H36P.N3/c1-5-9-13-17(14-10-6-2,15-11-7-3)16-12-8-4;1-3-2/h5-16H2,1-4H3;/q+1;-1. The summed E-state index contributed by atoms with van der Waals surface area (Å²) in [4.78, 5) is 1.50. The summed E-state index contributed by atoms with van der Waals surface area (Å²) < 4.78 is 0. The minimum absolute atomic E-state index is 0.562. The summed E-state index contributed by atoms with van der Waals surface area (Å²) in [7, 11) is -0.562. The summed E-state index contributed by atoms with van der Waals surface area (Å²) in [5.41, 5.74) is 13.5. The van der Waals surface area contributed by atoms with Crippen LogP contribution in [-0.2, 0) is 0 Å². The maximum atomic E-state index is 6.75. The third kappa shape index (κ3) is 12.8. The number of hydrogen-bond donors (Lipinski definition) is 0. The highest BCUT2D eigenvalue weighted by molar-refractivity contribution is 7.75. The van der Waals surface area contributed by atoms with Crippen molar-refractivity contribution in [3.05, 3.63) is 16.0 Å². The minimum atomic E-state index is -0.562. The van der Waals surface area contributed by atoms with Crippen molar-refractivity contribution in [2.75, 3.05) is 24.6 Å². The summed E-state index contributed by atoms with van der Waals surface area (Å²) in [5, 5.41) is 0. The van der Waals surface area contributed by atoms with Gasteiger partial charge in [0.15, 0.2) is 0 Å². The van der Waals surface area contributed by atoms with Gasteiger partial charge < -0.3 is 11.1 Å². The van der Waals surface area contributed by atoms with E-state index in [2.05, 4.69) is 27.7 Å². The molecular formula is C16H36N3P. The van der Waals surface area contributed by atoms with Crippen LogP contribution >= 0.6 is 7.26 Å². The third-order valence-corrected chi connectivity index (χ3v) is 9.00. The molecular weight excluding hydrogens is 265 g/mol. The van der Waals surface area contributed by atoms with E-state index in [-0.39, 0.29) is 0 Å². The van der Waals surface area contributed by atoms with Gasteiger partial charge in [-0.2, -0.15) is 0 Å². The zero-order valence-corrected chi connectivity index (χ0v) is 15.2. The first kappa shape index (κ1) is 22.0. The molecule has 0 N–H and O–H groups in total. The van der Waals surface area contributed by atoms with Crippen molar-refractivity contribution >= 4 is 7.26 Å². The molecule has 0 saturated heterocycles. The molecule has 0 bridgehead atoms. The number of nitrogens with zero attached hydrogens (tertiary/aromatic N) is 3. The van der Waals surface area contributed by atoms with Gasteiger partial charge in [0.2, 0.25) is 0 Å². The van der Waals surface area contributed by atoms with Crippen LogP contribution in [0, 0.1) is 0 Å². The Hall–Kier alpha value is -0.260. The molecule has 0 aromatic carbocycles. The van der Waals surface area contributed by atoms with Crippen LogP contribution in [0.15, 0.2) is 0 Å². The van der Waals surface area contributed by atoms with Gasteiger partial charge in [-0.3, -0.25) is 4.91 Å². The SMILES string of the molecule is CCCC[P+](CCCC)(CCCC)CCCC.[N-]=[N+]=[N-]. The number of unbranched alkanes of at least 4 members (excludes halogenated alkanes) is 4. The van der Waals surface area contributed by atoms with E-state index in [4.69, 9.17) is 11.1 Å². The van der Waals surface area contributed by atoms with Crippen LogP contribution in [0.25, 0.3) is 16.0 Å². The van der Waals surface area contributed by atoms with E-state index in [1.807, 2.05) is 0 Å². The van der Waals surface area contributed by atoms with E-state index in [9.17, 15) is 0 Å². The molecule has 120 valence electrons. The molecule has 0 saturated carbocycles. The Kier molecular flexibility index (Phi) is 18.5. The second-order valence-electron chi connectivity index (χ2n) is 5.74. The molecule has 0 aliphatic rings. The smallest absolute Gasteiger partial charge is 0.0594 e. The molecule has 0 unspecified atom stereocenters. The average molecular weight is 301 g/mol. The number of hydrogen-bond acceptors (Lipinski definition) is 0. The van der Waals surface area contributed by atoms with Crippen molar-refractivity contribution < 1.29 is 0 Å². The molecule has 0 atom stereocenters. The Morgan fingerprint density at radius 2 is 0.800 bits per heavy atom. The summed E-state index contributed by atoms with van der Waals surface area (Å²) >= 11 is 0. The summed E-state index contributed by atoms with van der Waals surface area (Å²) in [6, 6.07) is 0. The summed E-state index contributed by atoms with van der Waals surface area (Å²) in [6.45, 7) is 9.42. The first-order chi connectivity index (χ1) is 9.66. The second-order valence-corrected chi connectivity index (χ2v) is 10.2. The van der Waals surface area contributed by atoms with E-state index in [0.717, 1.165) is 0 Å².